The van der Waals surface area contributed by atoms with Crippen LogP contribution < -0.4 is 10.6 Å². The average molecular weight is 430 g/mol. The molecule has 29 heavy (non-hydrogen) atoms. The molecule has 0 aliphatic rings. The van der Waals surface area contributed by atoms with E-state index in [4.69, 9.17) is 11.6 Å². The topological polar surface area (TPSA) is 71.8 Å². The Kier molecular flexibility index (Phi) is 5.73. The standard InChI is InChI=1S/C20H17ClFN5OS/c21-16-12-27(8-3-7-23-19(28)17-6-2-9-29-17)18-15(16)11-24-20(26-18)25-14-5-1-4-13(22)10-14/h1-2,4-6,9-12H,3,7-8H2,(H,23,28)(H,24,25,26). The zero-order chi connectivity index (χ0) is 20.2. The van der Waals surface area contributed by atoms with Gasteiger partial charge in [0.2, 0.25) is 5.95 Å². The summed E-state index contributed by atoms with van der Waals surface area (Å²) < 4.78 is 15.3. The minimum atomic E-state index is -0.341. The largest absolute Gasteiger partial charge is 0.351 e. The van der Waals surface area contributed by atoms with Crippen molar-refractivity contribution in [3.63, 3.8) is 0 Å². The molecule has 0 spiro atoms. The summed E-state index contributed by atoms with van der Waals surface area (Å²) in [6.07, 6.45) is 4.16. The van der Waals surface area contributed by atoms with E-state index in [-0.39, 0.29) is 11.7 Å². The van der Waals surface area contributed by atoms with Gasteiger partial charge in [-0.1, -0.05) is 23.7 Å². The van der Waals surface area contributed by atoms with E-state index in [0.717, 1.165) is 5.39 Å². The number of fused-ring (bicyclic) bond motifs is 1. The van der Waals surface area contributed by atoms with E-state index in [1.54, 1.807) is 30.6 Å². The number of carbonyl (C=O) groups excluding carboxylic acids is 1. The molecule has 0 radical (unpaired) electrons. The van der Waals surface area contributed by atoms with Crippen LogP contribution in [-0.2, 0) is 6.54 Å². The number of halogens is 2. The summed E-state index contributed by atoms with van der Waals surface area (Å²) in [5.41, 5.74) is 1.23. The number of rotatable bonds is 7. The third kappa shape index (κ3) is 4.55. The summed E-state index contributed by atoms with van der Waals surface area (Å²) >= 11 is 7.71. The molecule has 0 atom stereocenters. The van der Waals surface area contributed by atoms with E-state index >= 15 is 0 Å². The van der Waals surface area contributed by atoms with E-state index in [0.29, 0.717) is 46.7 Å². The van der Waals surface area contributed by atoms with Crippen molar-refractivity contribution in [1.29, 1.82) is 0 Å². The Labute approximate surface area is 175 Å². The number of carbonyl (C=O) groups is 1. The first-order valence-electron chi connectivity index (χ1n) is 8.96. The SMILES string of the molecule is O=C(NCCCn1cc(Cl)c2cnc(Nc3cccc(F)c3)nc21)c1cccs1. The van der Waals surface area contributed by atoms with Gasteiger partial charge >= 0.3 is 0 Å². The maximum Gasteiger partial charge on any atom is 0.261 e. The minimum Gasteiger partial charge on any atom is -0.351 e. The van der Waals surface area contributed by atoms with Gasteiger partial charge in [0, 0.05) is 31.2 Å². The van der Waals surface area contributed by atoms with Gasteiger partial charge in [-0.15, -0.1) is 11.3 Å². The van der Waals surface area contributed by atoms with Crippen LogP contribution in [0.1, 0.15) is 16.1 Å². The molecule has 4 rings (SSSR count). The van der Waals surface area contributed by atoms with E-state index < -0.39 is 0 Å². The van der Waals surface area contributed by atoms with E-state index in [1.165, 1.54) is 23.5 Å². The van der Waals surface area contributed by atoms with Gasteiger partial charge in [-0.25, -0.2) is 9.37 Å². The fourth-order valence-electron chi connectivity index (χ4n) is 2.90. The number of nitrogens with zero attached hydrogens (tertiary/aromatic N) is 3. The van der Waals surface area contributed by atoms with Crippen LogP contribution in [0.2, 0.25) is 5.02 Å². The molecule has 0 saturated carbocycles. The molecule has 0 aliphatic carbocycles. The van der Waals surface area contributed by atoms with E-state index in [9.17, 15) is 9.18 Å². The van der Waals surface area contributed by atoms with Crippen molar-refractivity contribution >= 4 is 51.5 Å². The molecule has 0 fully saturated rings. The molecule has 148 valence electrons. The van der Waals surface area contributed by atoms with Gasteiger partial charge in [-0.2, -0.15) is 4.98 Å². The molecule has 2 N–H and O–H groups in total. The summed E-state index contributed by atoms with van der Waals surface area (Å²) in [6.45, 7) is 1.16. The number of nitrogens with one attached hydrogen (secondary N) is 2. The third-order valence-electron chi connectivity index (χ3n) is 4.25. The van der Waals surface area contributed by atoms with Gasteiger partial charge in [-0.05, 0) is 36.1 Å². The second-order valence-electron chi connectivity index (χ2n) is 6.32. The van der Waals surface area contributed by atoms with E-state index in [2.05, 4.69) is 20.6 Å². The third-order valence-corrected chi connectivity index (χ3v) is 5.42. The van der Waals surface area contributed by atoms with Crippen molar-refractivity contribution in [3.8, 4) is 0 Å². The van der Waals surface area contributed by atoms with Gasteiger partial charge in [0.15, 0.2) is 0 Å². The van der Waals surface area contributed by atoms with Crippen molar-refractivity contribution in [2.75, 3.05) is 11.9 Å². The Morgan fingerprint density at radius 2 is 2.17 bits per heavy atom. The quantitative estimate of drug-likeness (QED) is 0.412. The Bertz CT molecular complexity index is 1150. The second-order valence-corrected chi connectivity index (χ2v) is 7.68. The van der Waals surface area contributed by atoms with Crippen molar-refractivity contribution < 1.29 is 9.18 Å². The maximum atomic E-state index is 13.4. The Morgan fingerprint density at radius 1 is 1.28 bits per heavy atom. The summed E-state index contributed by atoms with van der Waals surface area (Å²) in [5, 5.41) is 9.06. The molecular weight excluding hydrogens is 413 g/mol. The summed E-state index contributed by atoms with van der Waals surface area (Å²) in [7, 11) is 0. The molecular formula is C20H17ClFN5OS. The lowest BCUT2D eigenvalue weighted by atomic mass is 10.3. The molecule has 9 heteroatoms. The van der Waals surface area contributed by atoms with Gasteiger partial charge in [0.05, 0.1) is 15.3 Å². The van der Waals surface area contributed by atoms with E-state index in [1.807, 2.05) is 16.0 Å². The molecule has 4 aromatic rings. The first-order chi connectivity index (χ1) is 14.1. The highest BCUT2D eigenvalue weighted by Crippen LogP contribution is 2.25. The zero-order valence-corrected chi connectivity index (χ0v) is 16.8. The molecule has 6 nitrogen and oxygen atoms in total. The van der Waals surface area contributed by atoms with Crippen LogP contribution in [-0.4, -0.2) is 27.0 Å². The lowest BCUT2D eigenvalue weighted by Crippen LogP contribution is -2.24. The summed E-state index contributed by atoms with van der Waals surface area (Å²) in [6, 6.07) is 9.73. The lowest BCUT2D eigenvalue weighted by molar-refractivity contribution is 0.0957. The molecule has 0 unspecified atom stereocenters. The highest BCUT2D eigenvalue weighted by atomic mass is 35.5. The Hall–Kier alpha value is -2.97. The number of thiophene rings is 1. The minimum absolute atomic E-state index is 0.0701. The van der Waals surface area contributed by atoms with Crippen LogP contribution in [0.15, 0.2) is 54.2 Å². The number of hydrogen-bond acceptors (Lipinski definition) is 5. The zero-order valence-electron chi connectivity index (χ0n) is 15.2. The molecule has 3 heterocycles. The second kappa shape index (κ2) is 8.59. The lowest BCUT2D eigenvalue weighted by Gasteiger charge is -2.08. The molecule has 0 aliphatic heterocycles. The fourth-order valence-corrected chi connectivity index (χ4v) is 3.79. The summed E-state index contributed by atoms with van der Waals surface area (Å²) in [4.78, 5) is 21.5. The molecule has 0 saturated heterocycles. The number of benzene rings is 1. The smallest absolute Gasteiger partial charge is 0.261 e. The monoisotopic (exact) mass is 429 g/mol. The van der Waals surface area contributed by atoms with Crippen molar-refractivity contribution in [2.45, 2.75) is 13.0 Å². The van der Waals surface area contributed by atoms with Crippen molar-refractivity contribution in [3.05, 3.63) is 69.9 Å². The summed E-state index contributed by atoms with van der Waals surface area (Å²) in [5.74, 6) is -0.0588. The van der Waals surface area contributed by atoms with Gasteiger partial charge < -0.3 is 15.2 Å². The normalized spacial score (nSPS) is 11.0. The number of hydrogen-bond donors (Lipinski definition) is 2. The molecule has 0 bridgehead atoms. The highest BCUT2D eigenvalue weighted by molar-refractivity contribution is 7.12. The number of anilines is 2. The Morgan fingerprint density at radius 3 is 2.97 bits per heavy atom. The average Bonchev–Trinajstić information content (AvgIpc) is 3.34. The molecule has 1 amide bonds. The predicted molar refractivity (Wildman–Crippen MR) is 113 cm³/mol. The number of aromatic nitrogens is 3. The van der Waals surface area contributed by atoms with Crippen LogP contribution in [0.5, 0.6) is 0 Å². The van der Waals surface area contributed by atoms with Gasteiger partial charge in [0.25, 0.3) is 5.91 Å². The van der Waals surface area contributed by atoms with Crippen LogP contribution in [0.4, 0.5) is 16.0 Å². The maximum absolute atomic E-state index is 13.4. The van der Waals surface area contributed by atoms with Crippen LogP contribution in [0.25, 0.3) is 11.0 Å². The molecule has 3 aromatic heterocycles. The fraction of sp³-hybridized carbons (Fsp3) is 0.150. The van der Waals surface area contributed by atoms with Gasteiger partial charge in [0.1, 0.15) is 11.5 Å². The molecule has 1 aromatic carbocycles. The predicted octanol–water partition coefficient (Wildman–Crippen LogP) is 4.85. The highest BCUT2D eigenvalue weighted by Gasteiger charge is 2.11. The first-order valence-corrected chi connectivity index (χ1v) is 10.2. The van der Waals surface area contributed by atoms with Crippen LogP contribution in [0.3, 0.4) is 0 Å². The van der Waals surface area contributed by atoms with Crippen LogP contribution >= 0.6 is 22.9 Å². The number of aryl methyl sites for hydroxylation is 1. The number of amides is 1. The first kappa shape index (κ1) is 19.4. The van der Waals surface area contributed by atoms with Crippen molar-refractivity contribution in [2.24, 2.45) is 0 Å². The van der Waals surface area contributed by atoms with Crippen molar-refractivity contribution in [1.82, 2.24) is 19.9 Å². The van der Waals surface area contributed by atoms with Crippen LogP contribution in [0, 0.1) is 5.82 Å². The Balaban J connectivity index is 1.44. The van der Waals surface area contributed by atoms with Gasteiger partial charge in [-0.3, -0.25) is 4.79 Å².